The normalized spacial score (nSPS) is 30.0. The van der Waals surface area contributed by atoms with Crippen LogP contribution in [0.1, 0.15) is 71.3 Å². The SMILES string of the molecule is COc1nc(-c2ccc(F)c3sc(N)c(C#N)c23)c(F)c2nc(OC[C@]34CCC[C@H]3N(C3C[C@@H](C)O[C@@H](C)C3)CCC4)nc(N3C[C@H](CO)OC[C@@](C)(O)C3)c12. The number of aromatic nitrogens is 3. The van der Waals surface area contributed by atoms with Crippen LogP contribution in [0.25, 0.3) is 32.2 Å². The summed E-state index contributed by atoms with van der Waals surface area (Å²) in [5.41, 5.74) is 4.37. The number of nitriles is 1. The molecule has 7 atom stereocenters. The molecule has 4 aliphatic rings. The lowest BCUT2D eigenvalue weighted by atomic mass is 9.74. The van der Waals surface area contributed by atoms with Gasteiger partial charge in [-0.05, 0) is 78.0 Å². The van der Waals surface area contributed by atoms with Crippen LogP contribution in [0.3, 0.4) is 0 Å². The third kappa shape index (κ3) is 6.90. The Bertz CT molecular complexity index is 2170. The van der Waals surface area contributed by atoms with Gasteiger partial charge in [-0.2, -0.15) is 15.2 Å². The Hall–Kier alpha value is -3.98. The number of fused-ring (bicyclic) bond motifs is 3. The van der Waals surface area contributed by atoms with Crippen molar-refractivity contribution in [1.29, 1.82) is 5.26 Å². The minimum absolute atomic E-state index is 0.0167. The number of thiophene rings is 1. The Morgan fingerprint density at radius 1 is 1.12 bits per heavy atom. The highest BCUT2D eigenvalue weighted by molar-refractivity contribution is 7.23. The van der Waals surface area contributed by atoms with Crippen molar-refractivity contribution < 1.29 is 37.9 Å². The van der Waals surface area contributed by atoms with E-state index in [0.717, 1.165) is 62.8 Å². The van der Waals surface area contributed by atoms with Crippen LogP contribution in [0.4, 0.5) is 19.6 Å². The number of benzene rings is 1. The maximum absolute atomic E-state index is 17.4. The summed E-state index contributed by atoms with van der Waals surface area (Å²) in [6.07, 6.45) is 6.78. The number of ether oxygens (including phenoxy) is 4. The Balaban J connectivity index is 1.25. The van der Waals surface area contributed by atoms with Crippen molar-refractivity contribution in [2.24, 2.45) is 5.41 Å². The van der Waals surface area contributed by atoms with Crippen molar-refractivity contribution >= 4 is 43.1 Å². The number of hydrogen-bond donors (Lipinski definition) is 3. The molecule has 1 aliphatic carbocycles. The highest BCUT2D eigenvalue weighted by Gasteiger charge is 2.51. The van der Waals surface area contributed by atoms with Gasteiger partial charge >= 0.3 is 6.01 Å². The summed E-state index contributed by atoms with van der Waals surface area (Å²) in [5.74, 6) is -1.33. The number of anilines is 2. The van der Waals surface area contributed by atoms with Gasteiger partial charge in [-0.25, -0.2) is 13.8 Å². The van der Waals surface area contributed by atoms with E-state index >= 15 is 8.78 Å². The van der Waals surface area contributed by atoms with Crippen LogP contribution in [0, 0.1) is 28.4 Å². The molecular weight excluding hydrogens is 745 g/mol. The standard InChI is InChI=1S/C40H49F2N7O6S/c1-21-13-23(14-22(2)55-21)49-12-6-11-40(10-5-7-28(40)49)20-54-38-46-33-30(36(47-38)48-16-24(17-50)53-19-39(3,51)18-48)37(52-4)45-32(31(33)42)25-8-9-27(41)34-29(25)26(15-43)35(44)56-34/h8-9,21-24,28,50-51H,5-7,10-14,16-20,44H2,1-4H3/t21-,22+,23?,24-,28-,39+,40-/m1/s1. The largest absolute Gasteiger partial charge is 0.480 e. The molecule has 0 amide bonds. The number of aliphatic hydroxyl groups is 2. The molecule has 6 heterocycles. The van der Waals surface area contributed by atoms with Crippen LogP contribution in [0.5, 0.6) is 11.9 Å². The highest BCUT2D eigenvalue weighted by Crippen LogP contribution is 2.50. The van der Waals surface area contributed by atoms with Crippen LogP contribution in [0.15, 0.2) is 12.1 Å². The van der Waals surface area contributed by atoms with Crippen molar-refractivity contribution in [3.63, 3.8) is 0 Å². The monoisotopic (exact) mass is 793 g/mol. The lowest BCUT2D eigenvalue weighted by Crippen LogP contribution is -2.57. The maximum atomic E-state index is 17.4. The minimum Gasteiger partial charge on any atom is -0.480 e. The predicted octanol–water partition coefficient (Wildman–Crippen LogP) is 5.57. The lowest BCUT2D eigenvalue weighted by Gasteiger charge is -2.51. The molecule has 16 heteroatoms. The second-order valence-corrected chi connectivity index (χ2v) is 17.4. The van der Waals surface area contributed by atoms with E-state index in [4.69, 9.17) is 34.6 Å². The fraction of sp³-hybridized carbons (Fsp3) is 0.600. The molecule has 3 aromatic heterocycles. The zero-order valence-corrected chi connectivity index (χ0v) is 33.0. The summed E-state index contributed by atoms with van der Waals surface area (Å²) in [4.78, 5) is 18.6. The van der Waals surface area contributed by atoms with Gasteiger partial charge in [0.2, 0.25) is 5.88 Å². The Labute approximate surface area is 328 Å². The fourth-order valence-electron chi connectivity index (χ4n) is 9.84. The van der Waals surface area contributed by atoms with E-state index in [-0.39, 0.29) is 104 Å². The second-order valence-electron chi connectivity index (χ2n) is 16.4. The molecule has 4 N–H and O–H groups in total. The molecule has 13 nitrogen and oxygen atoms in total. The summed E-state index contributed by atoms with van der Waals surface area (Å²) in [7, 11) is 1.38. The van der Waals surface area contributed by atoms with Gasteiger partial charge in [0, 0.05) is 35.0 Å². The van der Waals surface area contributed by atoms with E-state index in [1.165, 1.54) is 19.2 Å². The van der Waals surface area contributed by atoms with Crippen LogP contribution in [-0.2, 0) is 9.47 Å². The van der Waals surface area contributed by atoms with Gasteiger partial charge < -0.3 is 39.8 Å². The van der Waals surface area contributed by atoms with Crippen LogP contribution < -0.4 is 20.1 Å². The zero-order valence-electron chi connectivity index (χ0n) is 32.2. The topological polar surface area (TPSA) is 172 Å². The molecule has 0 bridgehead atoms. The van der Waals surface area contributed by atoms with Crippen molar-refractivity contribution in [2.75, 3.05) is 57.2 Å². The number of rotatable bonds is 8. The Morgan fingerprint density at radius 3 is 2.62 bits per heavy atom. The van der Waals surface area contributed by atoms with Gasteiger partial charge in [0.05, 0.1) is 62.1 Å². The molecule has 3 aliphatic heterocycles. The summed E-state index contributed by atoms with van der Waals surface area (Å²) in [5, 5.41) is 31.8. The first-order chi connectivity index (χ1) is 26.8. The first-order valence-corrected chi connectivity index (χ1v) is 20.3. The average Bonchev–Trinajstić information content (AvgIpc) is 3.71. The molecule has 8 rings (SSSR count). The molecular formula is C40H49F2N7O6S. The summed E-state index contributed by atoms with van der Waals surface area (Å²) in [6.45, 7) is 7.00. The van der Waals surface area contributed by atoms with Crippen LogP contribution in [0.2, 0.25) is 0 Å². The number of nitrogen functional groups attached to an aromatic ring is 1. The number of halogens is 2. The number of piperidine rings is 1. The summed E-state index contributed by atoms with van der Waals surface area (Å²) >= 11 is 0.903. The number of methoxy groups -OCH3 is 1. The molecule has 300 valence electrons. The Kier molecular flexibility index (Phi) is 10.5. The van der Waals surface area contributed by atoms with Crippen molar-refractivity contribution in [3.05, 3.63) is 29.3 Å². The van der Waals surface area contributed by atoms with E-state index in [2.05, 4.69) is 23.7 Å². The van der Waals surface area contributed by atoms with Crippen molar-refractivity contribution in [3.8, 4) is 29.2 Å². The minimum atomic E-state index is -1.37. The molecule has 1 aromatic carbocycles. The number of pyridine rings is 1. The number of nitrogens with two attached hydrogens (primary N) is 1. The molecule has 4 aromatic rings. The number of nitrogens with zero attached hydrogens (tertiary/aromatic N) is 6. The van der Waals surface area contributed by atoms with Crippen LogP contribution in [-0.4, -0.2) is 113 Å². The number of β-amino-alcohol motifs (C(OH)–C–C–N with tert-alkyl or cyclic N) is 1. The quantitative estimate of drug-likeness (QED) is 0.203. The smallest absolute Gasteiger partial charge is 0.319 e. The molecule has 0 radical (unpaired) electrons. The highest BCUT2D eigenvalue weighted by atomic mass is 32.1. The summed E-state index contributed by atoms with van der Waals surface area (Å²) < 4.78 is 56.9. The maximum Gasteiger partial charge on any atom is 0.319 e. The third-order valence-corrected chi connectivity index (χ3v) is 13.2. The van der Waals surface area contributed by atoms with Gasteiger partial charge in [0.25, 0.3) is 0 Å². The predicted molar refractivity (Wildman–Crippen MR) is 208 cm³/mol. The number of likely N-dealkylation sites (tertiary alicyclic amines) is 1. The van der Waals surface area contributed by atoms with Crippen molar-refractivity contribution in [1.82, 2.24) is 19.9 Å². The zero-order chi connectivity index (χ0) is 39.5. The molecule has 1 unspecified atom stereocenters. The third-order valence-electron chi connectivity index (χ3n) is 12.2. The van der Waals surface area contributed by atoms with Gasteiger partial charge in [-0.15, -0.1) is 11.3 Å². The van der Waals surface area contributed by atoms with E-state index < -0.39 is 23.3 Å². The van der Waals surface area contributed by atoms with Gasteiger partial charge in [0.1, 0.15) is 44.9 Å². The van der Waals surface area contributed by atoms with Crippen LogP contribution >= 0.6 is 11.3 Å². The first-order valence-electron chi connectivity index (χ1n) is 19.4. The molecule has 4 fully saturated rings. The molecule has 56 heavy (non-hydrogen) atoms. The van der Waals surface area contributed by atoms with Gasteiger partial charge in [-0.1, -0.05) is 6.42 Å². The lowest BCUT2D eigenvalue weighted by molar-refractivity contribution is -0.0967. The van der Waals surface area contributed by atoms with E-state index in [9.17, 15) is 15.5 Å². The fourth-order valence-corrected chi connectivity index (χ4v) is 10.8. The second kappa shape index (κ2) is 15.1. The average molecular weight is 794 g/mol. The number of aliphatic hydroxyl groups excluding tert-OH is 1. The van der Waals surface area contributed by atoms with E-state index in [0.29, 0.717) is 18.7 Å². The number of hydrogen-bond acceptors (Lipinski definition) is 14. The van der Waals surface area contributed by atoms with Crippen molar-refractivity contribution in [2.45, 2.75) is 102 Å². The van der Waals surface area contributed by atoms with E-state index in [1.54, 1.807) is 11.8 Å². The first kappa shape index (κ1) is 38.9. The molecule has 0 spiro atoms. The molecule has 3 saturated heterocycles. The molecule has 1 saturated carbocycles. The Morgan fingerprint density at radius 2 is 1.89 bits per heavy atom. The van der Waals surface area contributed by atoms with Gasteiger partial charge in [0.15, 0.2) is 5.82 Å². The van der Waals surface area contributed by atoms with E-state index in [1.807, 2.05) is 6.07 Å². The van der Waals surface area contributed by atoms with Gasteiger partial charge in [-0.3, -0.25) is 4.90 Å². The summed E-state index contributed by atoms with van der Waals surface area (Å²) in [6, 6.07) is 5.25.